The summed E-state index contributed by atoms with van der Waals surface area (Å²) in [5.74, 6) is -0.399. The number of methoxy groups -OCH3 is 2. The van der Waals surface area contributed by atoms with Gasteiger partial charge in [-0.15, -0.1) is 0 Å². The minimum absolute atomic E-state index is 0.130. The van der Waals surface area contributed by atoms with Crippen LogP contribution in [-0.4, -0.2) is 33.5 Å². The minimum atomic E-state index is -4.26. The summed E-state index contributed by atoms with van der Waals surface area (Å²) in [6.45, 7) is 0. The highest BCUT2D eigenvalue weighted by atomic mass is 32.2. The molecule has 0 aliphatic heterocycles. The molecule has 0 bridgehead atoms. The number of nitro groups is 1. The van der Waals surface area contributed by atoms with E-state index in [0.717, 1.165) is 25.3 Å². The monoisotopic (exact) mass is 366 g/mol. The number of hydrogen-bond donors (Lipinski definition) is 1. The van der Waals surface area contributed by atoms with Crippen molar-refractivity contribution < 1.29 is 27.6 Å². The molecule has 2 aromatic carbocycles. The first-order valence-electron chi connectivity index (χ1n) is 6.82. The highest BCUT2D eigenvalue weighted by molar-refractivity contribution is 7.92. The molecule has 10 heteroatoms. The van der Waals surface area contributed by atoms with Crippen LogP contribution in [0, 0.1) is 10.1 Å². The minimum Gasteiger partial charge on any atom is -0.497 e. The average Bonchev–Trinajstić information content (AvgIpc) is 2.60. The average molecular weight is 366 g/mol. The SMILES string of the molecule is COC(=O)c1ccc(S(=O)(=O)Nc2cccc(OC)c2)c([N+](=O)[O-])c1. The molecule has 2 aromatic rings. The van der Waals surface area contributed by atoms with Crippen LogP contribution in [0.4, 0.5) is 11.4 Å². The van der Waals surface area contributed by atoms with Crippen LogP contribution in [0.25, 0.3) is 0 Å². The lowest BCUT2D eigenvalue weighted by Gasteiger charge is -2.10. The number of rotatable bonds is 6. The van der Waals surface area contributed by atoms with Crippen LogP contribution < -0.4 is 9.46 Å². The summed E-state index contributed by atoms with van der Waals surface area (Å²) in [7, 11) is -1.73. The lowest BCUT2D eigenvalue weighted by molar-refractivity contribution is -0.387. The molecule has 0 aliphatic carbocycles. The zero-order valence-electron chi connectivity index (χ0n) is 13.3. The van der Waals surface area contributed by atoms with Crippen molar-refractivity contribution in [2.75, 3.05) is 18.9 Å². The van der Waals surface area contributed by atoms with Crippen molar-refractivity contribution >= 4 is 27.4 Å². The molecule has 0 saturated carbocycles. The Bertz CT molecular complexity index is 925. The van der Waals surface area contributed by atoms with Crippen LogP contribution in [0.1, 0.15) is 10.4 Å². The third kappa shape index (κ3) is 4.04. The predicted octanol–water partition coefficient (Wildman–Crippen LogP) is 2.19. The lowest BCUT2D eigenvalue weighted by Crippen LogP contribution is -2.15. The number of benzene rings is 2. The van der Waals surface area contributed by atoms with Crippen LogP contribution >= 0.6 is 0 Å². The van der Waals surface area contributed by atoms with Gasteiger partial charge >= 0.3 is 5.97 Å². The molecule has 0 amide bonds. The second kappa shape index (κ2) is 7.18. The molecule has 0 heterocycles. The smallest absolute Gasteiger partial charge is 0.338 e. The fourth-order valence-corrected chi connectivity index (χ4v) is 3.23. The van der Waals surface area contributed by atoms with E-state index in [0.29, 0.717) is 5.75 Å². The summed E-state index contributed by atoms with van der Waals surface area (Å²) < 4.78 is 36.7. The van der Waals surface area contributed by atoms with E-state index >= 15 is 0 Å². The Morgan fingerprint density at radius 3 is 2.48 bits per heavy atom. The maximum absolute atomic E-state index is 12.5. The first-order chi connectivity index (χ1) is 11.8. The van der Waals surface area contributed by atoms with E-state index in [1.165, 1.54) is 19.2 Å². The molecule has 0 radical (unpaired) electrons. The van der Waals surface area contributed by atoms with Crippen LogP contribution in [0.15, 0.2) is 47.4 Å². The fourth-order valence-electron chi connectivity index (χ4n) is 2.03. The molecule has 132 valence electrons. The Kier molecular flexibility index (Phi) is 5.22. The van der Waals surface area contributed by atoms with E-state index in [9.17, 15) is 23.3 Å². The Morgan fingerprint density at radius 2 is 1.88 bits per heavy atom. The van der Waals surface area contributed by atoms with E-state index in [1.54, 1.807) is 12.1 Å². The quantitative estimate of drug-likeness (QED) is 0.472. The normalized spacial score (nSPS) is 10.8. The van der Waals surface area contributed by atoms with Crippen molar-refractivity contribution in [2.24, 2.45) is 0 Å². The number of nitrogens with one attached hydrogen (secondary N) is 1. The molecule has 2 rings (SSSR count). The molecule has 0 atom stereocenters. The first kappa shape index (κ1) is 18.2. The number of esters is 1. The Balaban J connectivity index is 2.47. The molecular weight excluding hydrogens is 352 g/mol. The highest BCUT2D eigenvalue weighted by Gasteiger charge is 2.27. The van der Waals surface area contributed by atoms with Gasteiger partial charge in [0.05, 0.1) is 30.4 Å². The van der Waals surface area contributed by atoms with Gasteiger partial charge in [-0.1, -0.05) is 6.07 Å². The third-order valence-electron chi connectivity index (χ3n) is 3.19. The molecule has 9 nitrogen and oxygen atoms in total. The van der Waals surface area contributed by atoms with Gasteiger partial charge in [-0.2, -0.15) is 0 Å². The van der Waals surface area contributed by atoms with Crippen molar-refractivity contribution in [1.82, 2.24) is 0 Å². The number of carbonyl (C=O) groups is 1. The summed E-state index contributed by atoms with van der Waals surface area (Å²) in [6.07, 6.45) is 0. The zero-order chi connectivity index (χ0) is 18.6. The molecule has 25 heavy (non-hydrogen) atoms. The number of sulfonamides is 1. The standard InChI is InChI=1S/C15H14N2O7S/c1-23-12-5-3-4-11(9-12)16-25(21,22)14-7-6-10(15(18)24-2)8-13(14)17(19)20/h3-9,16H,1-2H3. The molecule has 0 aromatic heterocycles. The number of nitro benzene ring substituents is 1. The van der Waals surface area contributed by atoms with Crippen molar-refractivity contribution in [2.45, 2.75) is 4.90 Å². The van der Waals surface area contributed by atoms with Gasteiger partial charge in [0.15, 0.2) is 4.90 Å². The highest BCUT2D eigenvalue weighted by Crippen LogP contribution is 2.28. The molecule has 0 unspecified atom stereocenters. The van der Waals surface area contributed by atoms with Crippen molar-refractivity contribution in [1.29, 1.82) is 0 Å². The summed E-state index contributed by atoms with van der Waals surface area (Å²) in [5.41, 5.74) is -0.696. The molecule has 0 saturated heterocycles. The molecule has 1 N–H and O–H groups in total. The van der Waals surface area contributed by atoms with Crippen molar-refractivity contribution in [3.05, 3.63) is 58.1 Å². The first-order valence-corrected chi connectivity index (χ1v) is 8.30. The van der Waals surface area contributed by atoms with Gasteiger partial charge in [0.25, 0.3) is 15.7 Å². The molecular formula is C15H14N2O7S. The van der Waals surface area contributed by atoms with E-state index in [1.807, 2.05) is 0 Å². The Hall–Kier alpha value is -3.14. The summed E-state index contributed by atoms with van der Waals surface area (Å²) in [5, 5.41) is 11.2. The summed E-state index contributed by atoms with van der Waals surface area (Å²) >= 11 is 0. The van der Waals surface area contributed by atoms with Crippen LogP contribution in [0.2, 0.25) is 0 Å². The van der Waals surface area contributed by atoms with Gasteiger partial charge in [0, 0.05) is 12.1 Å². The van der Waals surface area contributed by atoms with E-state index in [2.05, 4.69) is 9.46 Å². The number of anilines is 1. The van der Waals surface area contributed by atoms with Crippen molar-refractivity contribution in [3.63, 3.8) is 0 Å². The van der Waals surface area contributed by atoms with Crippen LogP contribution in [0.5, 0.6) is 5.75 Å². The van der Waals surface area contributed by atoms with E-state index in [4.69, 9.17) is 4.74 Å². The Morgan fingerprint density at radius 1 is 1.16 bits per heavy atom. The molecule has 0 aliphatic rings. The molecule has 0 spiro atoms. The summed E-state index contributed by atoms with van der Waals surface area (Å²) in [4.78, 5) is 21.3. The maximum Gasteiger partial charge on any atom is 0.338 e. The number of ether oxygens (including phenoxy) is 2. The van der Waals surface area contributed by atoms with Gasteiger partial charge < -0.3 is 9.47 Å². The van der Waals surface area contributed by atoms with Crippen molar-refractivity contribution in [3.8, 4) is 5.75 Å². The number of hydrogen-bond acceptors (Lipinski definition) is 7. The van der Waals surface area contributed by atoms with E-state index < -0.39 is 31.5 Å². The van der Waals surface area contributed by atoms with E-state index in [-0.39, 0.29) is 11.3 Å². The topological polar surface area (TPSA) is 125 Å². The van der Waals surface area contributed by atoms with Gasteiger partial charge in [-0.3, -0.25) is 14.8 Å². The van der Waals surface area contributed by atoms with Crippen LogP contribution in [0.3, 0.4) is 0 Å². The Labute approximate surface area is 143 Å². The van der Waals surface area contributed by atoms with Gasteiger partial charge in [0.1, 0.15) is 5.75 Å². The number of carbonyl (C=O) groups excluding carboxylic acids is 1. The predicted molar refractivity (Wildman–Crippen MR) is 88.2 cm³/mol. The second-order valence-electron chi connectivity index (χ2n) is 4.77. The number of nitrogens with zero attached hydrogens (tertiary/aromatic N) is 1. The summed E-state index contributed by atoms with van der Waals surface area (Å²) in [6, 6.07) is 9.04. The van der Waals surface area contributed by atoms with Gasteiger partial charge in [0.2, 0.25) is 0 Å². The fraction of sp³-hybridized carbons (Fsp3) is 0.133. The lowest BCUT2D eigenvalue weighted by atomic mass is 10.2. The largest absolute Gasteiger partial charge is 0.497 e. The maximum atomic E-state index is 12.5. The zero-order valence-corrected chi connectivity index (χ0v) is 14.1. The van der Waals surface area contributed by atoms with Gasteiger partial charge in [-0.05, 0) is 24.3 Å². The van der Waals surface area contributed by atoms with Gasteiger partial charge in [-0.25, -0.2) is 13.2 Å². The third-order valence-corrected chi connectivity index (χ3v) is 4.62. The molecule has 0 fully saturated rings. The second-order valence-corrected chi connectivity index (χ2v) is 6.42. The van der Waals surface area contributed by atoms with Crippen LogP contribution in [-0.2, 0) is 14.8 Å².